The van der Waals surface area contributed by atoms with E-state index >= 15 is 0 Å². The summed E-state index contributed by atoms with van der Waals surface area (Å²) in [6, 6.07) is 15.9. The molecule has 0 spiro atoms. The standard InChI is InChI=1S/C30H32F3N3O/c1-5-9-21(2)27-11-6-7-12-28(27)35-22(3)23(4)36(20-25-10-8-17-34-19-25)29(37)18-24-13-15-26(16-14-24)30(31,32)33/h6-17,19,23H,5,18,20H2,1-4H3/b21-9-,35-22?. The van der Waals surface area contributed by atoms with Gasteiger partial charge >= 0.3 is 6.18 Å². The number of nitrogens with zero attached hydrogens (tertiary/aromatic N) is 3. The molecule has 194 valence electrons. The maximum Gasteiger partial charge on any atom is 0.416 e. The monoisotopic (exact) mass is 507 g/mol. The largest absolute Gasteiger partial charge is 0.416 e. The first-order valence-electron chi connectivity index (χ1n) is 12.3. The molecule has 0 aliphatic rings. The van der Waals surface area contributed by atoms with Gasteiger partial charge < -0.3 is 4.90 Å². The summed E-state index contributed by atoms with van der Waals surface area (Å²) in [7, 11) is 0. The van der Waals surface area contributed by atoms with Crippen molar-refractivity contribution in [1.82, 2.24) is 9.88 Å². The molecule has 7 heteroatoms. The average Bonchev–Trinajstić information content (AvgIpc) is 2.87. The molecular weight excluding hydrogens is 475 g/mol. The highest BCUT2D eigenvalue weighted by Crippen LogP contribution is 2.30. The Morgan fingerprint density at radius 3 is 2.35 bits per heavy atom. The number of halogens is 3. The van der Waals surface area contributed by atoms with Crippen LogP contribution in [0.3, 0.4) is 0 Å². The predicted octanol–water partition coefficient (Wildman–Crippen LogP) is 7.67. The number of hydrogen-bond donors (Lipinski definition) is 0. The van der Waals surface area contributed by atoms with Crippen LogP contribution < -0.4 is 0 Å². The number of aromatic nitrogens is 1. The van der Waals surface area contributed by atoms with Crippen LogP contribution in [0.1, 0.15) is 56.4 Å². The summed E-state index contributed by atoms with van der Waals surface area (Å²) in [4.78, 5) is 24.2. The smallest absolute Gasteiger partial charge is 0.330 e. The number of allylic oxidation sites excluding steroid dienone is 2. The number of benzene rings is 2. The summed E-state index contributed by atoms with van der Waals surface area (Å²) in [5.74, 6) is -0.207. The van der Waals surface area contributed by atoms with E-state index in [1.807, 2.05) is 44.2 Å². The minimum Gasteiger partial charge on any atom is -0.330 e. The van der Waals surface area contributed by atoms with E-state index in [4.69, 9.17) is 4.99 Å². The summed E-state index contributed by atoms with van der Waals surface area (Å²) in [6.07, 6.45) is 1.98. The Hall–Kier alpha value is -3.74. The third kappa shape index (κ3) is 7.62. The molecule has 1 aromatic heterocycles. The zero-order valence-corrected chi connectivity index (χ0v) is 21.6. The van der Waals surface area contributed by atoms with E-state index in [0.29, 0.717) is 12.1 Å². The molecule has 1 amide bonds. The maximum absolute atomic E-state index is 13.5. The van der Waals surface area contributed by atoms with Gasteiger partial charge in [0, 0.05) is 30.2 Å². The Morgan fingerprint density at radius 2 is 1.73 bits per heavy atom. The Balaban J connectivity index is 1.90. The van der Waals surface area contributed by atoms with E-state index in [1.54, 1.807) is 23.4 Å². The fourth-order valence-electron chi connectivity index (χ4n) is 4.05. The Labute approximate surface area is 216 Å². The first-order chi connectivity index (χ1) is 17.6. The van der Waals surface area contributed by atoms with E-state index in [1.165, 1.54) is 12.1 Å². The number of para-hydroxylation sites is 1. The van der Waals surface area contributed by atoms with Crippen LogP contribution in [-0.4, -0.2) is 27.5 Å². The van der Waals surface area contributed by atoms with Crippen molar-refractivity contribution in [3.63, 3.8) is 0 Å². The molecule has 0 fully saturated rings. The lowest BCUT2D eigenvalue weighted by Gasteiger charge is -2.30. The number of amides is 1. The first-order valence-corrected chi connectivity index (χ1v) is 12.3. The predicted molar refractivity (Wildman–Crippen MR) is 143 cm³/mol. The number of hydrogen-bond acceptors (Lipinski definition) is 3. The van der Waals surface area contributed by atoms with Crippen molar-refractivity contribution < 1.29 is 18.0 Å². The fraction of sp³-hybridized carbons (Fsp3) is 0.300. The SMILES string of the molecule is CC/C=C(/C)c1ccccc1N=C(C)C(C)N(Cc1cccnc1)C(=O)Cc1ccc(C(F)(F)F)cc1. The molecule has 4 nitrogen and oxygen atoms in total. The van der Waals surface area contributed by atoms with Gasteiger partial charge in [-0.3, -0.25) is 14.8 Å². The molecule has 0 N–H and O–H groups in total. The van der Waals surface area contributed by atoms with Crippen LogP contribution in [-0.2, 0) is 23.9 Å². The van der Waals surface area contributed by atoms with Crippen LogP contribution in [0.2, 0.25) is 0 Å². The van der Waals surface area contributed by atoms with Crippen molar-refractivity contribution >= 4 is 22.9 Å². The van der Waals surface area contributed by atoms with Crippen molar-refractivity contribution in [1.29, 1.82) is 0 Å². The zero-order chi connectivity index (χ0) is 27.0. The number of alkyl halides is 3. The topological polar surface area (TPSA) is 45.6 Å². The van der Waals surface area contributed by atoms with Crippen molar-refractivity contribution in [2.24, 2.45) is 4.99 Å². The molecule has 3 rings (SSSR count). The van der Waals surface area contributed by atoms with E-state index in [-0.39, 0.29) is 18.4 Å². The van der Waals surface area contributed by atoms with Gasteiger partial charge in [-0.25, -0.2) is 0 Å². The summed E-state index contributed by atoms with van der Waals surface area (Å²) < 4.78 is 38.8. The van der Waals surface area contributed by atoms with Crippen LogP contribution >= 0.6 is 0 Å². The lowest BCUT2D eigenvalue weighted by Crippen LogP contribution is -2.42. The number of rotatable bonds is 9. The molecule has 0 radical (unpaired) electrons. The van der Waals surface area contributed by atoms with Gasteiger partial charge in [-0.05, 0) is 68.2 Å². The molecule has 37 heavy (non-hydrogen) atoms. The minimum atomic E-state index is -4.42. The van der Waals surface area contributed by atoms with Crippen molar-refractivity contribution in [3.05, 3.63) is 101 Å². The molecule has 0 bridgehead atoms. The van der Waals surface area contributed by atoms with Gasteiger partial charge in [-0.2, -0.15) is 13.2 Å². The van der Waals surface area contributed by atoms with Crippen LogP contribution in [0.5, 0.6) is 0 Å². The van der Waals surface area contributed by atoms with Gasteiger partial charge in [0.15, 0.2) is 0 Å². The normalized spacial score (nSPS) is 13.4. The van der Waals surface area contributed by atoms with Gasteiger partial charge in [-0.1, -0.05) is 49.4 Å². The zero-order valence-electron chi connectivity index (χ0n) is 21.6. The summed E-state index contributed by atoms with van der Waals surface area (Å²) in [6.45, 7) is 8.25. The van der Waals surface area contributed by atoms with E-state index in [2.05, 4.69) is 24.9 Å². The highest BCUT2D eigenvalue weighted by Gasteiger charge is 2.30. The maximum atomic E-state index is 13.5. The Morgan fingerprint density at radius 1 is 1.03 bits per heavy atom. The Bertz CT molecular complexity index is 1250. The minimum absolute atomic E-state index is 0.0229. The highest BCUT2D eigenvalue weighted by molar-refractivity contribution is 5.94. The van der Waals surface area contributed by atoms with Crippen molar-refractivity contribution in [3.8, 4) is 0 Å². The van der Waals surface area contributed by atoms with Crippen LogP contribution in [0.4, 0.5) is 18.9 Å². The number of carbonyl (C=O) groups is 1. The molecule has 1 unspecified atom stereocenters. The molecule has 3 aromatic rings. The molecule has 0 aliphatic heterocycles. The van der Waals surface area contributed by atoms with Gasteiger partial charge in [0.25, 0.3) is 0 Å². The van der Waals surface area contributed by atoms with E-state index < -0.39 is 11.7 Å². The highest BCUT2D eigenvalue weighted by atomic mass is 19.4. The van der Waals surface area contributed by atoms with Crippen molar-refractivity contribution in [2.75, 3.05) is 0 Å². The molecule has 0 saturated heterocycles. The summed E-state index contributed by atoms with van der Waals surface area (Å²) in [5.41, 5.74) is 4.37. The van der Waals surface area contributed by atoms with Crippen LogP contribution in [0.25, 0.3) is 5.57 Å². The summed E-state index contributed by atoms with van der Waals surface area (Å²) >= 11 is 0. The molecular formula is C30H32F3N3O. The second-order valence-corrected chi connectivity index (χ2v) is 9.00. The average molecular weight is 508 g/mol. The first kappa shape index (κ1) is 27.8. The van der Waals surface area contributed by atoms with Crippen molar-refractivity contribution in [2.45, 2.75) is 59.3 Å². The number of pyridine rings is 1. The lowest BCUT2D eigenvalue weighted by atomic mass is 10.0. The van der Waals surface area contributed by atoms with Gasteiger partial charge in [-0.15, -0.1) is 0 Å². The quantitative estimate of drug-likeness (QED) is 0.279. The van der Waals surface area contributed by atoms with E-state index in [0.717, 1.165) is 46.7 Å². The van der Waals surface area contributed by atoms with Gasteiger partial charge in [0.1, 0.15) is 0 Å². The third-order valence-corrected chi connectivity index (χ3v) is 6.24. The number of carbonyl (C=O) groups excluding carboxylic acids is 1. The molecule has 1 heterocycles. The second-order valence-electron chi connectivity index (χ2n) is 9.00. The molecule has 0 saturated carbocycles. The van der Waals surface area contributed by atoms with Gasteiger partial charge in [0.2, 0.25) is 5.91 Å². The number of aliphatic imine (C=N–C) groups is 1. The summed E-state index contributed by atoms with van der Waals surface area (Å²) in [5, 5.41) is 0. The second kappa shape index (κ2) is 12.5. The van der Waals surface area contributed by atoms with E-state index in [9.17, 15) is 18.0 Å². The molecule has 2 aromatic carbocycles. The molecule has 1 atom stereocenters. The lowest BCUT2D eigenvalue weighted by molar-refractivity contribution is -0.137. The van der Waals surface area contributed by atoms with Gasteiger partial charge in [0.05, 0.1) is 23.7 Å². The van der Waals surface area contributed by atoms with Crippen LogP contribution in [0.15, 0.2) is 84.1 Å². The Kier molecular flexibility index (Phi) is 9.39. The fourth-order valence-corrected chi connectivity index (χ4v) is 4.05. The third-order valence-electron chi connectivity index (χ3n) is 6.24. The van der Waals surface area contributed by atoms with Crippen LogP contribution in [0, 0.1) is 0 Å². The molecule has 0 aliphatic carbocycles.